The number of rotatable bonds is 7. The molecule has 156 valence electrons. The molecule has 2 aromatic rings. The summed E-state index contributed by atoms with van der Waals surface area (Å²) in [6.45, 7) is 5.92. The fraction of sp³-hybridized carbons (Fsp3) is 0.316. The molecular weight excluding hydrogens is 409 g/mol. The molecule has 0 saturated carbocycles. The first-order chi connectivity index (χ1) is 13.6. The molecule has 1 aromatic heterocycles. The maximum absolute atomic E-state index is 13.5. The molecule has 0 aliphatic carbocycles. The van der Waals surface area contributed by atoms with Crippen molar-refractivity contribution in [1.82, 2.24) is 15.1 Å². The van der Waals surface area contributed by atoms with Gasteiger partial charge in [0.15, 0.2) is 17.5 Å². The highest BCUT2D eigenvalue weighted by atomic mass is 35.5. The smallest absolute Gasteiger partial charge is 0.244 e. The third-order valence-electron chi connectivity index (χ3n) is 3.78. The monoisotopic (exact) mass is 428 g/mol. The van der Waals surface area contributed by atoms with Crippen LogP contribution in [0.2, 0.25) is 5.15 Å². The maximum atomic E-state index is 13.5. The van der Waals surface area contributed by atoms with Crippen molar-refractivity contribution in [3.8, 4) is 0 Å². The second-order valence-corrected chi connectivity index (χ2v) is 7.05. The summed E-state index contributed by atoms with van der Waals surface area (Å²) in [6.07, 6.45) is 2.66. The van der Waals surface area contributed by atoms with Gasteiger partial charge in [-0.3, -0.25) is 14.3 Å². The number of benzene rings is 1. The fourth-order valence-corrected chi connectivity index (χ4v) is 2.73. The largest absolute Gasteiger partial charge is 0.343 e. The van der Waals surface area contributed by atoms with Crippen LogP contribution in [0.1, 0.15) is 25.1 Å². The summed E-state index contributed by atoms with van der Waals surface area (Å²) in [6, 6.07) is 1.56. The standard InChI is InChI=1S/C19H20ClF3N4O2/c1-10(2)9-27-19(20)12(11(3)26-27)4-7-15(28)24-8-16(29)25-14-6-5-13(21)17(22)18(14)23/h4-7,10H,8-9H2,1-3H3,(H,24,28)(H,25,29). The molecule has 0 aliphatic rings. The SMILES string of the molecule is Cc1nn(CC(C)C)c(Cl)c1C=CC(=O)NCC(=O)Nc1ccc(F)c(F)c1F. The van der Waals surface area contributed by atoms with E-state index in [4.69, 9.17) is 11.6 Å². The van der Waals surface area contributed by atoms with Gasteiger partial charge in [-0.15, -0.1) is 0 Å². The molecule has 0 spiro atoms. The summed E-state index contributed by atoms with van der Waals surface area (Å²) in [5.74, 6) is -5.66. The summed E-state index contributed by atoms with van der Waals surface area (Å²) >= 11 is 6.27. The predicted octanol–water partition coefficient (Wildman–Crippen LogP) is 3.69. The van der Waals surface area contributed by atoms with E-state index >= 15 is 0 Å². The molecule has 10 heteroatoms. The number of anilines is 1. The predicted molar refractivity (Wildman–Crippen MR) is 104 cm³/mol. The number of amides is 2. The van der Waals surface area contributed by atoms with Crippen LogP contribution in [0.4, 0.5) is 18.9 Å². The van der Waals surface area contributed by atoms with Crippen molar-refractivity contribution in [1.29, 1.82) is 0 Å². The molecule has 29 heavy (non-hydrogen) atoms. The van der Waals surface area contributed by atoms with Gasteiger partial charge in [0.2, 0.25) is 11.8 Å². The first kappa shape index (κ1) is 22.5. The lowest BCUT2D eigenvalue weighted by atomic mass is 10.2. The van der Waals surface area contributed by atoms with Gasteiger partial charge < -0.3 is 10.6 Å². The quantitative estimate of drug-likeness (QED) is 0.521. The molecule has 0 aliphatic heterocycles. The van der Waals surface area contributed by atoms with Gasteiger partial charge in [-0.25, -0.2) is 13.2 Å². The molecule has 1 aromatic carbocycles. The van der Waals surface area contributed by atoms with Crippen molar-refractivity contribution in [2.45, 2.75) is 27.3 Å². The molecule has 2 amide bonds. The molecule has 1 heterocycles. The molecule has 0 bridgehead atoms. The summed E-state index contributed by atoms with van der Waals surface area (Å²) in [7, 11) is 0. The van der Waals surface area contributed by atoms with E-state index in [0.717, 1.165) is 6.07 Å². The molecule has 2 N–H and O–H groups in total. The van der Waals surface area contributed by atoms with E-state index < -0.39 is 41.5 Å². The fourth-order valence-electron chi connectivity index (χ4n) is 2.43. The Kier molecular flexibility index (Phi) is 7.44. The highest BCUT2D eigenvalue weighted by molar-refractivity contribution is 6.31. The lowest BCUT2D eigenvalue weighted by Crippen LogP contribution is -2.32. The molecule has 6 nitrogen and oxygen atoms in total. The van der Waals surface area contributed by atoms with Gasteiger partial charge in [-0.2, -0.15) is 5.10 Å². The van der Waals surface area contributed by atoms with Gasteiger partial charge in [-0.05, 0) is 31.1 Å². The van der Waals surface area contributed by atoms with E-state index in [9.17, 15) is 22.8 Å². The van der Waals surface area contributed by atoms with Crippen LogP contribution >= 0.6 is 11.6 Å². The van der Waals surface area contributed by atoms with Crippen molar-refractivity contribution in [3.05, 3.63) is 52.1 Å². The minimum atomic E-state index is -1.69. The first-order valence-corrected chi connectivity index (χ1v) is 9.10. The van der Waals surface area contributed by atoms with E-state index in [0.29, 0.717) is 34.9 Å². The number of aryl methyl sites for hydroxylation is 1. The zero-order valence-corrected chi connectivity index (χ0v) is 16.8. The van der Waals surface area contributed by atoms with Crippen molar-refractivity contribution in [3.63, 3.8) is 0 Å². The summed E-state index contributed by atoms with van der Waals surface area (Å²) < 4.78 is 41.2. The number of nitrogens with zero attached hydrogens (tertiary/aromatic N) is 2. The van der Waals surface area contributed by atoms with Gasteiger partial charge in [0.05, 0.1) is 17.9 Å². The van der Waals surface area contributed by atoms with Gasteiger partial charge >= 0.3 is 0 Å². The molecular formula is C19H20ClF3N4O2. The van der Waals surface area contributed by atoms with Crippen LogP contribution < -0.4 is 10.6 Å². The Morgan fingerprint density at radius 1 is 1.24 bits per heavy atom. The average molecular weight is 429 g/mol. The van der Waals surface area contributed by atoms with Crippen LogP contribution in [0.15, 0.2) is 18.2 Å². The van der Waals surface area contributed by atoms with E-state index in [1.165, 1.54) is 12.2 Å². The minimum absolute atomic E-state index is 0.338. The zero-order chi connectivity index (χ0) is 21.7. The van der Waals surface area contributed by atoms with E-state index in [1.807, 2.05) is 13.8 Å². The van der Waals surface area contributed by atoms with Gasteiger partial charge in [0.1, 0.15) is 5.15 Å². The van der Waals surface area contributed by atoms with E-state index in [2.05, 4.69) is 15.7 Å². The molecule has 0 atom stereocenters. The normalized spacial score (nSPS) is 11.3. The Balaban J connectivity index is 1.94. The van der Waals surface area contributed by atoms with Gasteiger partial charge in [0, 0.05) is 18.2 Å². The van der Waals surface area contributed by atoms with Gasteiger partial charge in [-0.1, -0.05) is 25.4 Å². The van der Waals surface area contributed by atoms with Crippen LogP contribution in [-0.4, -0.2) is 28.1 Å². The van der Waals surface area contributed by atoms with E-state index in [-0.39, 0.29) is 0 Å². The number of halogens is 4. The summed E-state index contributed by atoms with van der Waals surface area (Å²) in [5, 5.41) is 9.06. The average Bonchev–Trinajstić information content (AvgIpc) is 2.91. The highest BCUT2D eigenvalue weighted by Gasteiger charge is 2.16. The van der Waals surface area contributed by atoms with Crippen LogP contribution in [0, 0.1) is 30.3 Å². The Hall–Kier alpha value is -2.81. The Bertz CT molecular complexity index is 957. The first-order valence-electron chi connectivity index (χ1n) is 8.72. The van der Waals surface area contributed by atoms with Gasteiger partial charge in [0.25, 0.3) is 0 Å². The van der Waals surface area contributed by atoms with Crippen LogP contribution in [-0.2, 0) is 16.1 Å². The second kappa shape index (κ2) is 9.60. The van der Waals surface area contributed by atoms with Crippen molar-refractivity contribution in [2.75, 3.05) is 11.9 Å². The molecule has 2 rings (SSSR count). The number of hydrogen-bond donors (Lipinski definition) is 2. The second-order valence-electron chi connectivity index (χ2n) is 6.69. The van der Waals surface area contributed by atoms with Crippen molar-refractivity contribution >= 4 is 35.2 Å². The topological polar surface area (TPSA) is 76.0 Å². The van der Waals surface area contributed by atoms with E-state index in [1.54, 1.807) is 11.6 Å². The van der Waals surface area contributed by atoms with Crippen LogP contribution in [0.25, 0.3) is 6.08 Å². The zero-order valence-electron chi connectivity index (χ0n) is 16.0. The Morgan fingerprint density at radius 3 is 2.59 bits per heavy atom. The summed E-state index contributed by atoms with van der Waals surface area (Å²) in [5.41, 5.74) is 0.695. The third-order valence-corrected chi connectivity index (χ3v) is 4.18. The minimum Gasteiger partial charge on any atom is -0.343 e. The molecule has 0 saturated heterocycles. The lowest BCUT2D eigenvalue weighted by Gasteiger charge is -2.07. The number of aromatic nitrogens is 2. The Labute approximate surface area is 170 Å². The number of hydrogen-bond acceptors (Lipinski definition) is 3. The Morgan fingerprint density at radius 2 is 1.93 bits per heavy atom. The summed E-state index contributed by atoms with van der Waals surface area (Å²) in [4.78, 5) is 23.7. The molecule has 0 unspecified atom stereocenters. The van der Waals surface area contributed by atoms with Crippen molar-refractivity contribution in [2.24, 2.45) is 5.92 Å². The number of nitrogens with one attached hydrogen (secondary N) is 2. The lowest BCUT2D eigenvalue weighted by molar-refractivity contribution is -0.121. The number of carbonyl (C=O) groups excluding carboxylic acids is 2. The number of carbonyl (C=O) groups is 2. The molecule has 0 fully saturated rings. The van der Waals surface area contributed by atoms with Crippen LogP contribution in [0.3, 0.4) is 0 Å². The van der Waals surface area contributed by atoms with Crippen LogP contribution in [0.5, 0.6) is 0 Å². The van der Waals surface area contributed by atoms with Crippen molar-refractivity contribution < 1.29 is 22.8 Å². The maximum Gasteiger partial charge on any atom is 0.244 e. The highest BCUT2D eigenvalue weighted by Crippen LogP contribution is 2.22. The molecule has 0 radical (unpaired) electrons. The third kappa shape index (κ3) is 5.83.